The molecule has 2 heterocycles. The van der Waals surface area contributed by atoms with Crippen molar-refractivity contribution in [2.24, 2.45) is 5.92 Å². The number of carbonyl (C=O) groups excluding carboxylic acids is 1. The molecule has 1 amide bonds. The number of hydrogen-bond donors (Lipinski definition) is 1. The van der Waals surface area contributed by atoms with Crippen molar-refractivity contribution in [2.45, 2.75) is 39.0 Å². The molecular weight excluding hydrogens is 346 g/mol. The number of fused-ring (bicyclic) bond motifs is 1. The minimum absolute atomic E-state index is 0.0682. The summed E-state index contributed by atoms with van der Waals surface area (Å²) in [5.74, 6) is 0.588. The second-order valence-corrected chi connectivity index (χ2v) is 7.79. The summed E-state index contributed by atoms with van der Waals surface area (Å²) in [6.45, 7) is 1.82. The van der Waals surface area contributed by atoms with Crippen molar-refractivity contribution in [3.63, 3.8) is 0 Å². The third-order valence-corrected chi connectivity index (χ3v) is 5.75. The SMILES string of the molecule is Cc1cc(=O)n2c(-c3cccc(NC(=O)CC4CCCC4)c3)csc2n1. The van der Waals surface area contributed by atoms with Gasteiger partial charge in [0.15, 0.2) is 4.96 Å². The Balaban J connectivity index is 1.60. The fraction of sp³-hybridized carbons (Fsp3) is 0.350. The lowest BCUT2D eigenvalue weighted by atomic mass is 10.0. The van der Waals surface area contributed by atoms with E-state index in [0.29, 0.717) is 17.3 Å². The number of hydrogen-bond acceptors (Lipinski definition) is 4. The first-order chi connectivity index (χ1) is 12.6. The Bertz CT molecular complexity index is 1020. The Hall–Kier alpha value is -2.47. The van der Waals surface area contributed by atoms with E-state index in [2.05, 4.69) is 10.3 Å². The quantitative estimate of drug-likeness (QED) is 0.750. The molecule has 1 aliphatic carbocycles. The van der Waals surface area contributed by atoms with E-state index in [1.165, 1.54) is 30.2 Å². The average molecular weight is 367 g/mol. The molecule has 0 radical (unpaired) electrons. The van der Waals surface area contributed by atoms with Crippen molar-refractivity contribution in [3.05, 3.63) is 51.8 Å². The highest BCUT2D eigenvalue weighted by molar-refractivity contribution is 7.15. The summed E-state index contributed by atoms with van der Waals surface area (Å²) in [7, 11) is 0. The predicted octanol–water partition coefficient (Wildman–Crippen LogP) is 4.25. The molecule has 5 nitrogen and oxygen atoms in total. The van der Waals surface area contributed by atoms with Gasteiger partial charge in [0.1, 0.15) is 0 Å². The van der Waals surface area contributed by atoms with Crippen molar-refractivity contribution in [1.29, 1.82) is 0 Å². The summed E-state index contributed by atoms with van der Waals surface area (Å²) in [5.41, 5.74) is 3.09. The molecule has 0 spiro atoms. The number of amides is 1. The lowest BCUT2D eigenvalue weighted by molar-refractivity contribution is -0.117. The van der Waals surface area contributed by atoms with Gasteiger partial charge in [-0.1, -0.05) is 25.0 Å². The molecule has 0 saturated heterocycles. The molecule has 3 aromatic rings. The standard InChI is InChI=1S/C20H21N3O2S/c1-13-9-19(25)23-17(12-26-20(23)21-13)15-7-4-8-16(11-15)22-18(24)10-14-5-2-3-6-14/h4,7-9,11-12,14H,2-3,5-6,10H2,1H3,(H,22,24). The Kier molecular flexibility index (Phi) is 4.59. The van der Waals surface area contributed by atoms with E-state index in [-0.39, 0.29) is 11.5 Å². The predicted molar refractivity (Wildman–Crippen MR) is 105 cm³/mol. The Labute approximate surface area is 155 Å². The fourth-order valence-electron chi connectivity index (χ4n) is 3.67. The monoisotopic (exact) mass is 367 g/mol. The van der Waals surface area contributed by atoms with Crippen LogP contribution in [0.3, 0.4) is 0 Å². The minimum Gasteiger partial charge on any atom is -0.326 e. The second-order valence-electron chi connectivity index (χ2n) is 6.96. The first kappa shape index (κ1) is 17.0. The van der Waals surface area contributed by atoms with Crippen molar-refractivity contribution >= 4 is 27.9 Å². The number of aryl methyl sites for hydroxylation is 1. The van der Waals surface area contributed by atoms with Crippen LogP contribution in [0.5, 0.6) is 0 Å². The van der Waals surface area contributed by atoms with Gasteiger partial charge in [0.25, 0.3) is 5.56 Å². The largest absolute Gasteiger partial charge is 0.326 e. The van der Waals surface area contributed by atoms with E-state index in [1.807, 2.05) is 36.6 Å². The fourth-order valence-corrected chi connectivity index (χ4v) is 4.62. The van der Waals surface area contributed by atoms with Crippen LogP contribution in [-0.2, 0) is 4.79 Å². The van der Waals surface area contributed by atoms with Crippen LogP contribution < -0.4 is 10.9 Å². The van der Waals surface area contributed by atoms with Crippen molar-refractivity contribution in [3.8, 4) is 11.3 Å². The van der Waals surface area contributed by atoms with Gasteiger partial charge in [0.05, 0.1) is 5.69 Å². The van der Waals surface area contributed by atoms with Gasteiger partial charge in [-0.3, -0.25) is 14.0 Å². The van der Waals surface area contributed by atoms with Gasteiger partial charge in [0.2, 0.25) is 5.91 Å². The zero-order valence-corrected chi connectivity index (χ0v) is 15.5. The van der Waals surface area contributed by atoms with E-state index < -0.39 is 0 Å². The maximum atomic E-state index is 12.4. The number of aromatic nitrogens is 2. The lowest BCUT2D eigenvalue weighted by Gasteiger charge is -2.10. The first-order valence-corrected chi connectivity index (χ1v) is 9.86. The Morgan fingerprint density at radius 3 is 2.92 bits per heavy atom. The summed E-state index contributed by atoms with van der Waals surface area (Å²) >= 11 is 1.44. The van der Waals surface area contributed by atoms with Crippen molar-refractivity contribution < 1.29 is 4.79 Å². The van der Waals surface area contributed by atoms with Gasteiger partial charge in [-0.05, 0) is 37.8 Å². The van der Waals surface area contributed by atoms with E-state index in [9.17, 15) is 9.59 Å². The highest BCUT2D eigenvalue weighted by Gasteiger charge is 2.18. The first-order valence-electron chi connectivity index (χ1n) is 8.98. The molecule has 0 unspecified atom stereocenters. The molecule has 1 aromatic carbocycles. The molecule has 1 fully saturated rings. The van der Waals surface area contributed by atoms with E-state index in [0.717, 1.165) is 35.5 Å². The van der Waals surface area contributed by atoms with Gasteiger partial charge >= 0.3 is 0 Å². The topological polar surface area (TPSA) is 63.5 Å². The molecule has 0 bridgehead atoms. The molecule has 1 N–H and O–H groups in total. The molecule has 0 atom stereocenters. The van der Waals surface area contributed by atoms with Crippen molar-refractivity contribution in [1.82, 2.24) is 9.38 Å². The van der Waals surface area contributed by atoms with Crippen LogP contribution in [0.25, 0.3) is 16.2 Å². The molecule has 1 saturated carbocycles. The van der Waals surface area contributed by atoms with Gasteiger partial charge < -0.3 is 5.32 Å². The van der Waals surface area contributed by atoms with Crippen LogP contribution >= 0.6 is 11.3 Å². The number of rotatable bonds is 4. The molecule has 0 aliphatic heterocycles. The molecule has 6 heteroatoms. The number of carbonyl (C=O) groups is 1. The molecular formula is C20H21N3O2S. The number of nitrogens with zero attached hydrogens (tertiary/aromatic N) is 2. The summed E-state index contributed by atoms with van der Waals surface area (Å²) in [5, 5.41) is 4.94. The smallest absolute Gasteiger partial charge is 0.259 e. The van der Waals surface area contributed by atoms with Crippen LogP contribution in [-0.4, -0.2) is 15.3 Å². The summed E-state index contributed by atoms with van der Waals surface area (Å²) in [4.78, 5) is 29.8. The maximum Gasteiger partial charge on any atom is 0.259 e. The third kappa shape index (κ3) is 3.42. The highest BCUT2D eigenvalue weighted by atomic mass is 32.1. The van der Waals surface area contributed by atoms with Gasteiger partial charge in [-0.2, -0.15) is 0 Å². The van der Waals surface area contributed by atoms with E-state index in [1.54, 1.807) is 4.40 Å². The van der Waals surface area contributed by atoms with Crippen LogP contribution in [0.2, 0.25) is 0 Å². The van der Waals surface area contributed by atoms with Gasteiger partial charge in [0, 0.05) is 34.8 Å². The van der Waals surface area contributed by atoms with Crippen LogP contribution in [0, 0.1) is 12.8 Å². The lowest BCUT2D eigenvalue weighted by Crippen LogP contribution is -2.15. The molecule has 2 aromatic heterocycles. The van der Waals surface area contributed by atoms with Gasteiger partial charge in [-0.25, -0.2) is 4.98 Å². The van der Waals surface area contributed by atoms with Crippen LogP contribution in [0.1, 0.15) is 37.8 Å². The number of thiazole rings is 1. The Morgan fingerprint density at radius 1 is 1.31 bits per heavy atom. The van der Waals surface area contributed by atoms with Crippen LogP contribution in [0.15, 0.2) is 40.5 Å². The van der Waals surface area contributed by atoms with Crippen LogP contribution in [0.4, 0.5) is 5.69 Å². The molecule has 26 heavy (non-hydrogen) atoms. The number of anilines is 1. The second kappa shape index (κ2) is 7.03. The van der Waals surface area contributed by atoms with Gasteiger partial charge in [-0.15, -0.1) is 11.3 Å². The zero-order chi connectivity index (χ0) is 18.1. The van der Waals surface area contributed by atoms with E-state index in [4.69, 9.17) is 0 Å². The third-order valence-electron chi connectivity index (χ3n) is 4.92. The molecule has 1 aliphatic rings. The van der Waals surface area contributed by atoms with E-state index >= 15 is 0 Å². The number of benzene rings is 1. The van der Waals surface area contributed by atoms with Crippen molar-refractivity contribution in [2.75, 3.05) is 5.32 Å². The maximum absolute atomic E-state index is 12.4. The summed E-state index contributed by atoms with van der Waals surface area (Å²) in [6.07, 6.45) is 5.38. The highest BCUT2D eigenvalue weighted by Crippen LogP contribution is 2.29. The molecule has 4 rings (SSSR count). The molecule has 134 valence electrons. The normalized spacial score (nSPS) is 14.8. The zero-order valence-electron chi connectivity index (χ0n) is 14.7. The number of nitrogens with one attached hydrogen (secondary N) is 1. The Morgan fingerprint density at radius 2 is 2.12 bits per heavy atom. The average Bonchev–Trinajstić information content (AvgIpc) is 3.24. The summed E-state index contributed by atoms with van der Waals surface area (Å²) < 4.78 is 1.62. The summed E-state index contributed by atoms with van der Waals surface area (Å²) in [6, 6.07) is 9.18. The minimum atomic E-state index is -0.0839.